The number of aromatic amines is 1. The van der Waals surface area contributed by atoms with Gasteiger partial charge in [0.15, 0.2) is 5.82 Å². The normalized spacial score (nSPS) is 18.8. The molecule has 1 aliphatic heterocycles. The van der Waals surface area contributed by atoms with E-state index in [-0.39, 0.29) is 18.0 Å². The summed E-state index contributed by atoms with van der Waals surface area (Å²) in [5, 5.41) is 23.5. The summed E-state index contributed by atoms with van der Waals surface area (Å²) in [6, 6.07) is 14.2. The highest BCUT2D eigenvalue weighted by Gasteiger charge is 2.45. The number of fused-ring (bicyclic) bond motifs is 2. The van der Waals surface area contributed by atoms with E-state index in [1.807, 2.05) is 25.1 Å². The molecule has 0 saturated carbocycles. The Bertz CT molecular complexity index is 1680. The molecule has 0 spiro atoms. The number of nitrogens with zero attached hydrogens (tertiary/aromatic N) is 3. The third-order valence-corrected chi connectivity index (χ3v) is 8.94. The summed E-state index contributed by atoms with van der Waals surface area (Å²) in [6.45, 7) is 19.0. The zero-order valence-corrected chi connectivity index (χ0v) is 28.5. The van der Waals surface area contributed by atoms with Crippen molar-refractivity contribution in [3.05, 3.63) is 105 Å². The molecule has 2 aliphatic rings. The van der Waals surface area contributed by atoms with Crippen LogP contribution in [0.2, 0.25) is 0 Å². The number of carbonyl (C=O) groups excluding carboxylic acids is 1. The molecule has 10 nitrogen and oxygen atoms in total. The molecule has 3 aromatic rings. The molecule has 0 bridgehead atoms. The van der Waals surface area contributed by atoms with Crippen LogP contribution >= 0.6 is 0 Å². The lowest BCUT2D eigenvalue weighted by Gasteiger charge is -2.37. The Labute approximate surface area is 278 Å². The Kier molecular flexibility index (Phi) is 11.8. The van der Waals surface area contributed by atoms with Gasteiger partial charge in [0.2, 0.25) is 0 Å². The molecule has 4 N–H and O–H groups in total. The molecule has 1 aromatic heterocycles. The zero-order valence-electron chi connectivity index (χ0n) is 28.5. The standard InChI is InChI=1S/C34H41N7O3.C3H8/c1-6-37-23(4)24-11-13-29-25(16-24)9-10-26-17-27(31(42)36-5)12-14-30(26)34(29,32-39-33(43)44-40-32)18-21(2)38-20-22(3)41-15-7-8-28(41)19-35;1-3-2/h11-14,16-17,21,28,37-38H,3-4,6-10,15,18,20H2,1-2,5H3,(H,36,42)(H,39,40,43);3H2,1-2H3/t21-,28?,34?;/m1./s1. The van der Waals surface area contributed by atoms with Gasteiger partial charge in [0.1, 0.15) is 6.04 Å². The monoisotopic (exact) mass is 639 g/mol. The second-order valence-electron chi connectivity index (χ2n) is 12.4. The highest BCUT2D eigenvalue weighted by molar-refractivity contribution is 5.94. The highest BCUT2D eigenvalue weighted by atomic mass is 16.5. The number of aryl methyl sites for hydroxylation is 2. The van der Waals surface area contributed by atoms with Crippen LogP contribution in [-0.4, -0.2) is 59.7 Å². The number of nitriles is 1. The highest BCUT2D eigenvalue weighted by Crippen LogP contribution is 2.47. The molecule has 2 unspecified atom stereocenters. The van der Waals surface area contributed by atoms with Gasteiger partial charge in [-0.15, -0.1) is 0 Å². The van der Waals surface area contributed by atoms with E-state index in [2.05, 4.69) is 89.2 Å². The minimum atomic E-state index is -0.900. The first kappa shape index (κ1) is 35.2. The summed E-state index contributed by atoms with van der Waals surface area (Å²) < 4.78 is 5.14. The van der Waals surface area contributed by atoms with Crippen molar-refractivity contribution >= 4 is 11.6 Å². The van der Waals surface area contributed by atoms with Gasteiger partial charge in [-0.3, -0.25) is 14.3 Å². The molecule has 47 heavy (non-hydrogen) atoms. The molecule has 1 amide bonds. The van der Waals surface area contributed by atoms with Crippen LogP contribution in [0.3, 0.4) is 0 Å². The summed E-state index contributed by atoms with van der Waals surface area (Å²) in [5.74, 6) is -0.379. The molecule has 3 atom stereocenters. The van der Waals surface area contributed by atoms with Crippen LogP contribution in [-0.2, 0) is 18.3 Å². The zero-order chi connectivity index (χ0) is 34.1. The minimum Gasteiger partial charge on any atom is -0.385 e. The number of hydrogen-bond donors (Lipinski definition) is 4. The van der Waals surface area contributed by atoms with Crippen molar-refractivity contribution in [1.82, 2.24) is 31.0 Å². The van der Waals surface area contributed by atoms with Gasteiger partial charge in [0.25, 0.3) is 5.91 Å². The van der Waals surface area contributed by atoms with Gasteiger partial charge in [0.05, 0.1) is 11.5 Å². The van der Waals surface area contributed by atoms with Crippen LogP contribution in [0.1, 0.15) is 97.4 Å². The predicted octanol–water partition coefficient (Wildman–Crippen LogP) is 5.02. The van der Waals surface area contributed by atoms with Crippen molar-refractivity contribution in [2.24, 2.45) is 0 Å². The largest absolute Gasteiger partial charge is 0.438 e. The van der Waals surface area contributed by atoms with Crippen molar-refractivity contribution in [3.8, 4) is 6.07 Å². The first-order valence-electron chi connectivity index (χ1n) is 16.7. The van der Waals surface area contributed by atoms with E-state index >= 15 is 0 Å². The van der Waals surface area contributed by atoms with Gasteiger partial charge in [-0.25, -0.2) is 4.79 Å². The smallest absolute Gasteiger partial charge is 0.385 e. The number of hydrogen-bond acceptors (Lipinski definition) is 8. The lowest BCUT2D eigenvalue weighted by Crippen LogP contribution is -2.42. The number of nitrogens with one attached hydrogen (secondary N) is 4. The lowest BCUT2D eigenvalue weighted by molar-refractivity contribution is 0.0963. The average Bonchev–Trinajstić information content (AvgIpc) is 3.72. The molecule has 10 heteroatoms. The van der Waals surface area contributed by atoms with Crippen LogP contribution < -0.4 is 21.7 Å². The van der Waals surface area contributed by atoms with Gasteiger partial charge in [0, 0.05) is 49.7 Å². The number of rotatable bonds is 11. The van der Waals surface area contributed by atoms with Crippen molar-refractivity contribution in [3.63, 3.8) is 0 Å². The molecule has 2 heterocycles. The SMILES string of the molecule is C=C(NCC)c1ccc2c(c1)CCc1cc(C(=O)NC)ccc1C2(C[C@@H](C)NCC(=C)N1CCCC1C#N)c1noc(=O)[nH]1.CCC. The molecule has 1 aliphatic carbocycles. The Morgan fingerprint density at radius 3 is 2.36 bits per heavy atom. The Morgan fingerprint density at radius 1 is 1.15 bits per heavy atom. The molecular weight excluding hydrogens is 590 g/mol. The summed E-state index contributed by atoms with van der Waals surface area (Å²) in [5.41, 5.74) is 6.47. The van der Waals surface area contributed by atoms with Crippen LogP contribution in [0.5, 0.6) is 0 Å². The summed E-state index contributed by atoms with van der Waals surface area (Å²) in [7, 11) is 1.62. The minimum absolute atomic E-state index is 0.0797. The molecule has 0 radical (unpaired) electrons. The summed E-state index contributed by atoms with van der Waals surface area (Å²) in [4.78, 5) is 30.1. The van der Waals surface area contributed by atoms with Gasteiger partial charge >= 0.3 is 5.76 Å². The van der Waals surface area contributed by atoms with Crippen molar-refractivity contribution < 1.29 is 9.32 Å². The third kappa shape index (κ3) is 7.52. The van der Waals surface area contributed by atoms with E-state index in [0.717, 1.165) is 71.6 Å². The number of carbonyl (C=O) groups is 1. The molecule has 2 aromatic carbocycles. The van der Waals surface area contributed by atoms with Gasteiger partial charge < -0.3 is 20.9 Å². The molecule has 5 rings (SSSR count). The quantitative estimate of drug-likeness (QED) is 0.229. The van der Waals surface area contributed by atoms with E-state index in [1.165, 1.54) is 6.42 Å². The molecule has 1 fully saturated rings. The fourth-order valence-corrected chi connectivity index (χ4v) is 6.83. The van der Waals surface area contributed by atoms with E-state index in [1.54, 1.807) is 7.05 Å². The van der Waals surface area contributed by atoms with Crippen LogP contribution in [0.4, 0.5) is 0 Å². The maximum Gasteiger partial charge on any atom is 0.438 e. The van der Waals surface area contributed by atoms with Gasteiger partial charge in [-0.1, -0.05) is 56.8 Å². The fraction of sp³-hybridized carbons (Fsp3) is 0.459. The first-order chi connectivity index (χ1) is 22.6. The molecule has 250 valence electrons. The number of likely N-dealkylation sites (tertiary alicyclic amines) is 1. The summed E-state index contributed by atoms with van der Waals surface area (Å²) in [6.07, 6.45) is 5.01. The van der Waals surface area contributed by atoms with E-state index < -0.39 is 11.2 Å². The van der Waals surface area contributed by atoms with Crippen LogP contribution in [0.25, 0.3) is 5.70 Å². The summed E-state index contributed by atoms with van der Waals surface area (Å²) >= 11 is 0. The second kappa shape index (κ2) is 15.8. The maximum atomic E-state index is 12.7. The fourth-order valence-electron chi connectivity index (χ4n) is 6.83. The second-order valence-corrected chi connectivity index (χ2v) is 12.4. The third-order valence-electron chi connectivity index (χ3n) is 8.94. The molecular formula is C37H49N7O3. The first-order valence-corrected chi connectivity index (χ1v) is 16.7. The topological polar surface area (TPSA) is 139 Å². The number of amides is 1. The predicted molar refractivity (Wildman–Crippen MR) is 186 cm³/mol. The average molecular weight is 640 g/mol. The van der Waals surface area contributed by atoms with Crippen LogP contribution in [0, 0.1) is 11.3 Å². The van der Waals surface area contributed by atoms with Gasteiger partial charge in [-0.2, -0.15) is 5.26 Å². The number of H-pyrrole nitrogens is 1. The van der Waals surface area contributed by atoms with Crippen molar-refractivity contribution in [2.45, 2.75) is 83.7 Å². The Hall–Kier alpha value is -4.62. The van der Waals surface area contributed by atoms with Crippen LogP contribution in [0.15, 0.2) is 64.6 Å². The molecule has 1 saturated heterocycles. The van der Waals surface area contributed by atoms with E-state index in [4.69, 9.17) is 4.52 Å². The maximum absolute atomic E-state index is 12.7. The Morgan fingerprint density at radius 2 is 1.79 bits per heavy atom. The van der Waals surface area contributed by atoms with E-state index in [9.17, 15) is 14.9 Å². The van der Waals surface area contributed by atoms with E-state index in [0.29, 0.717) is 30.8 Å². The van der Waals surface area contributed by atoms with Crippen molar-refractivity contribution in [2.75, 3.05) is 26.7 Å². The number of benzene rings is 2. The van der Waals surface area contributed by atoms with Crippen molar-refractivity contribution in [1.29, 1.82) is 5.26 Å². The lowest BCUT2D eigenvalue weighted by atomic mass is 9.67. The van der Waals surface area contributed by atoms with Gasteiger partial charge in [-0.05, 0) is 92.0 Å². The Balaban J connectivity index is 0.00000160. The number of aromatic nitrogens is 2.